The second kappa shape index (κ2) is 5.78. The molecular weight excluding hydrogens is 246 g/mol. The minimum absolute atomic E-state index is 0.0988. The number of alkyl halides is 1. The molecule has 0 atom stereocenters. The Morgan fingerprint density at radius 3 is 2.81 bits per heavy atom. The zero-order valence-electron chi connectivity index (χ0n) is 8.66. The summed E-state index contributed by atoms with van der Waals surface area (Å²) in [4.78, 5) is 11.8. The van der Waals surface area contributed by atoms with Gasteiger partial charge in [-0.15, -0.1) is 24.2 Å². The number of thiol groups is 1. The molecule has 1 aromatic carbocycles. The Hall–Kier alpha value is -1.18. The van der Waals surface area contributed by atoms with Crippen LogP contribution in [0.5, 0.6) is 0 Å². The van der Waals surface area contributed by atoms with Gasteiger partial charge in [0.1, 0.15) is 0 Å². The Morgan fingerprint density at radius 2 is 2.31 bits per heavy atom. The molecule has 1 rings (SSSR count). The molecule has 5 heteroatoms. The number of methoxy groups -OCH3 is 1. The van der Waals surface area contributed by atoms with E-state index in [9.17, 15) is 4.79 Å². The summed E-state index contributed by atoms with van der Waals surface area (Å²) in [6.07, 6.45) is 0.0988. The molecule has 0 saturated heterocycles. The van der Waals surface area contributed by atoms with E-state index in [1.807, 2.05) is 6.07 Å². The molecule has 0 heterocycles. The first-order chi connectivity index (χ1) is 7.62. The number of hydrogen-bond donors (Lipinski definition) is 1. The fraction of sp³-hybridized carbons (Fsp3) is 0.273. The first-order valence-electron chi connectivity index (χ1n) is 4.50. The molecule has 16 heavy (non-hydrogen) atoms. The van der Waals surface area contributed by atoms with Gasteiger partial charge in [0.2, 0.25) is 0 Å². The summed E-state index contributed by atoms with van der Waals surface area (Å²) in [5.74, 6) is -0.183. The van der Waals surface area contributed by atoms with E-state index in [4.69, 9.17) is 16.9 Å². The van der Waals surface area contributed by atoms with Crippen LogP contribution in [-0.4, -0.2) is 13.1 Å². The average molecular weight is 256 g/mol. The summed E-state index contributed by atoms with van der Waals surface area (Å²) in [6, 6.07) is 5.38. The first kappa shape index (κ1) is 12.9. The molecule has 0 amide bonds. The van der Waals surface area contributed by atoms with E-state index in [0.717, 1.165) is 0 Å². The molecule has 0 aliphatic carbocycles. The van der Waals surface area contributed by atoms with E-state index in [-0.39, 0.29) is 18.3 Å². The van der Waals surface area contributed by atoms with Crippen molar-refractivity contribution in [2.75, 3.05) is 7.11 Å². The summed E-state index contributed by atoms with van der Waals surface area (Å²) in [5, 5.41) is 8.93. The average Bonchev–Trinajstić information content (AvgIpc) is 2.28. The van der Waals surface area contributed by atoms with Crippen LogP contribution >= 0.6 is 24.2 Å². The molecule has 3 nitrogen and oxygen atoms in total. The molecule has 0 aromatic heterocycles. The SMILES string of the molecule is COC(=O)Cc1cc(S)cc(C#N)c1CCl. The predicted octanol–water partition coefficient (Wildman–Crippen LogP) is 2.30. The van der Waals surface area contributed by atoms with Gasteiger partial charge >= 0.3 is 5.97 Å². The van der Waals surface area contributed by atoms with Crippen LogP contribution in [-0.2, 0) is 21.8 Å². The van der Waals surface area contributed by atoms with Gasteiger partial charge in [-0.2, -0.15) is 5.26 Å². The fourth-order valence-corrected chi connectivity index (χ4v) is 1.96. The third kappa shape index (κ3) is 2.91. The van der Waals surface area contributed by atoms with E-state index >= 15 is 0 Å². The second-order valence-corrected chi connectivity index (χ2v) is 3.91. The van der Waals surface area contributed by atoms with Gasteiger partial charge in [0.05, 0.1) is 25.2 Å². The largest absolute Gasteiger partial charge is 0.469 e. The van der Waals surface area contributed by atoms with E-state index in [0.29, 0.717) is 21.6 Å². The van der Waals surface area contributed by atoms with Gasteiger partial charge in [-0.1, -0.05) is 0 Å². The number of benzene rings is 1. The monoisotopic (exact) mass is 255 g/mol. The molecule has 1 aromatic rings. The maximum Gasteiger partial charge on any atom is 0.309 e. The van der Waals surface area contributed by atoms with Gasteiger partial charge < -0.3 is 4.74 Å². The quantitative estimate of drug-likeness (QED) is 0.512. The number of halogens is 1. The maximum absolute atomic E-state index is 11.2. The summed E-state index contributed by atoms with van der Waals surface area (Å²) >= 11 is 9.94. The van der Waals surface area contributed by atoms with Crippen LogP contribution in [0.25, 0.3) is 0 Å². The number of nitriles is 1. The normalized spacial score (nSPS) is 9.62. The van der Waals surface area contributed by atoms with Crippen LogP contribution in [0.1, 0.15) is 16.7 Å². The van der Waals surface area contributed by atoms with Crippen molar-refractivity contribution >= 4 is 30.2 Å². The molecule has 0 unspecified atom stereocenters. The summed E-state index contributed by atoms with van der Waals surface area (Å²) in [7, 11) is 1.32. The highest BCUT2D eigenvalue weighted by atomic mass is 35.5. The highest BCUT2D eigenvalue weighted by molar-refractivity contribution is 7.80. The number of esters is 1. The Balaban J connectivity index is 3.21. The highest BCUT2D eigenvalue weighted by Gasteiger charge is 2.12. The van der Waals surface area contributed by atoms with Gasteiger partial charge in [-0.3, -0.25) is 4.79 Å². The smallest absolute Gasteiger partial charge is 0.309 e. The molecule has 0 aliphatic rings. The van der Waals surface area contributed by atoms with E-state index in [2.05, 4.69) is 17.4 Å². The van der Waals surface area contributed by atoms with Gasteiger partial charge in [0.25, 0.3) is 0 Å². The van der Waals surface area contributed by atoms with E-state index < -0.39 is 0 Å². The molecule has 0 fully saturated rings. The topological polar surface area (TPSA) is 50.1 Å². The predicted molar refractivity (Wildman–Crippen MR) is 63.7 cm³/mol. The van der Waals surface area contributed by atoms with Crippen molar-refractivity contribution in [2.24, 2.45) is 0 Å². The number of ether oxygens (including phenoxy) is 1. The summed E-state index contributed by atoms with van der Waals surface area (Å²) < 4.78 is 4.58. The zero-order chi connectivity index (χ0) is 12.1. The van der Waals surface area contributed by atoms with Crippen LogP contribution < -0.4 is 0 Å². The minimum Gasteiger partial charge on any atom is -0.469 e. The lowest BCUT2D eigenvalue weighted by molar-refractivity contribution is -0.139. The molecule has 0 radical (unpaired) electrons. The van der Waals surface area contributed by atoms with Crippen LogP contribution in [0, 0.1) is 11.3 Å². The molecule has 0 spiro atoms. The van der Waals surface area contributed by atoms with Gasteiger partial charge in [-0.25, -0.2) is 0 Å². The number of nitrogens with zero attached hydrogens (tertiary/aromatic N) is 1. The fourth-order valence-electron chi connectivity index (χ4n) is 1.36. The second-order valence-electron chi connectivity index (χ2n) is 3.13. The molecule has 0 saturated carbocycles. The van der Waals surface area contributed by atoms with Gasteiger partial charge in [0.15, 0.2) is 0 Å². The summed E-state index contributed by atoms with van der Waals surface area (Å²) in [6.45, 7) is 0. The van der Waals surface area contributed by atoms with E-state index in [1.165, 1.54) is 7.11 Å². The molecule has 84 valence electrons. The van der Waals surface area contributed by atoms with Crippen molar-refractivity contribution in [3.05, 3.63) is 28.8 Å². The highest BCUT2D eigenvalue weighted by Crippen LogP contribution is 2.22. The lowest BCUT2D eigenvalue weighted by Crippen LogP contribution is -2.07. The van der Waals surface area contributed by atoms with E-state index in [1.54, 1.807) is 12.1 Å². The van der Waals surface area contributed by atoms with Crippen molar-refractivity contribution in [3.63, 3.8) is 0 Å². The standard InChI is InChI=1S/C11H10ClNO2S/c1-15-11(14)4-7-2-9(16)3-8(6-13)10(7)5-12/h2-3,16H,4-5H2,1H3. The van der Waals surface area contributed by atoms with Crippen LogP contribution in [0.3, 0.4) is 0 Å². The molecule has 0 N–H and O–H groups in total. The number of carbonyl (C=O) groups excluding carboxylic acids is 1. The van der Waals surface area contributed by atoms with Crippen LogP contribution in [0.15, 0.2) is 17.0 Å². The van der Waals surface area contributed by atoms with Crippen molar-refractivity contribution in [2.45, 2.75) is 17.2 Å². The zero-order valence-corrected chi connectivity index (χ0v) is 10.3. The Labute approximate surface area is 104 Å². The Morgan fingerprint density at radius 1 is 1.62 bits per heavy atom. The first-order valence-corrected chi connectivity index (χ1v) is 5.48. The van der Waals surface area contributed by atoms with Crippen molar-refractivity contribution in [1.29, 1.82) is 5.26 Å². The number of rotatable bonds is 3. The third-order valence-electron chi connectivity index (χ3n) is 2.14. The molecular formula is C11H10ClNO2S. The number of hydrogen-bond acceptors (Lipinski definition) is 4. The van der Waals surface area contributed by atoms with Gasteiger partial charge in [-0.05, 0) is 23.3 Å². The minimum atomic E-state index is -0.366. The molecule has 0 aliphatic heterocycles. The Kier molecular flexibility index (Phi) is 4.66. The lowest BCUT2D eigenvalue weighted by atomic mass is 10.0. The lowest BCUT2D eigenvalue weighted by Gasteiger charge is -2.09. The Bertz CT molecular complexity index is 454. The molecule has 0 bridgehead atoms. The van der Waals surface area contributed by atoms with Crippen LogP contribution in [0.2, 0.25) is 0 Å². The van der Waals surface area contributed by atoms with Crippen molar-refractivity contribution in [1.82, 2.24) is 0 Å². The van der Waals surface area contributed by atoms with Crippen molar-refractivity contribution in [3.8, 4) is 6.07 Å². The summed E-state index contributed by atoms with van der Waals surface area (Å²) in [5.41, 5.74) is 1.79. The van der Waals surface area contributed by atoms with Crippen LogP contribution in [0.4, 0.5) is 0 Å². The third-order valence-corrected chi connectivity index (χ3v) is 2.67. The van der Waals surface area contributed by atoms with Crippen molar-refractivity contribution < 1.29 is 9.53 Å². The van der Waals surface area contributed by atoms with Gasteiger partial charge in [0, 0.05) is 10.8 Å². The maximum atomic E-state index is 11.2. The number of carbonyl (C=O) groups is 1.